The van der Waals surface area contributed by atoms with Crippen molar-refractivity contribution in [3.63, 3.8) is 0 Å². The van der Waals surface area contributed by atoms with E-state index in [1.54, 1.807) is 28.0 Å². The van der Waals surface area contributed by atoms with E-state index in [9.17, 15) is 9.59 Å². The van der Waals surface area contributed by atoms with Gasteiger partial charge in [-0.3, -0.25) is 4.79 Å². The van der Waals surface area contributed by atoms with Gasteiger partial charge in [0.25, 0.3) is 5.91 Å². The SMILES string of the molecule is O=C(Nc1ccc(Cl)c(Cl)c1)N1CCN(C(=O)C2CCCO2)CC1. The molecule has 2 aliphatic heterocycles. The molecule has 6 nitrogen and oxygen atoms in total. The number of urea groups is 1. The number of rotatable bonds is 2. The number of nitrogens with zero attached hydrogens (tertiary/aromatic N) is 2. The van der Waals surface area contributed by atoms with Crippen LogP contribution in [0, 0.1) is 0 Å². The van der Waals surface area contributed by atoms with Gasteiger partial charge in [-0.1, -0.05) is 23.2 Å². The van der Waals surface area contributed by atoms with Gasteiger partial charge in [0.1, 0.15) is 6.10 Å². The van der Waals surface area contributed by atoms with Crippen LogP contribution in [0.3, 0.4) is 0 Å². The number of benzene rings is 1. The highest BCUT2D eigenvalue weighted by molar-refractivity contribution is 6.42. The minimum Gasteiger partial charge on any atom is -0.368 e. The number of nitrogens with one attached hydrogen (secondary N) is 1. The van der Waals surface area contributed by atoms with Gasteiger partial charge >= 0.3 is 6.03 Å². The molecule has 3 rings (SSSR count). The molecule has 0 bridgehead atoms. The van der Waals surface area contributed by atoms with E-state index >= 15 is 0 Å². The molecule has 1 unspecified atom stereocenters. The normalized spacial score (nSPS) is 21.0. The molecule has 130 valence electrons. The van der Waals surface area contributed by atoms with E-state index in [2.05, 4.69) is 5.32 Å². The third-order valence-corrected chi connectivity index (χ3v) is 4.99. The Morgan fingerprint density at radius 1 is 1.08 bits per heavy atom. The summed E-state index contributed by atoms with van der Waals surface area (Å²) in [5.74, 6) is 0.0389. The molecule has 1 atom stereocenters. The Morgan fingerprint density at radius 2 is 1.79 bits per heavy atom. The van der Waals surface area contributed by atoms with Crippen LogP contribution in [0.2, 0.25) is 10.0 Å². The summed E-state index contributed by atoms with van der Waals surface area (Å²) < 4.78 is 5.43. The summed E-state index contributed by atoms with van der Waals surface area (Å²) in [5.41, 5.74) is 0.590. The zero-order valence-corrected chi connectivity index (χ0v) is 14.6. The molecule has 24 heavy (non-hydrogen) atoms. The maximum atomic E-state index is 12.3. The molecule has 0 aliphatic carbocycles. The summed E-state index contributed by atoms with van der Waals surface area (Å²) in [4.78, 5) is 28.1. The highest BCUT2D eigenvalue weighted by Crippen LogP contribution is 2.25. The van der Waals surface area contributed by atoms with Crippen molar-refractivity contribution in [1.29, 1.82) is 0 Å². The second kappa shape index (κ2) is 7.59. The van der Waals surface area contributed by atoms with Gasteiger partial charge in [-0.15, -0.1) is 0 Å². The number of hydrogen-bond acceptors (Lipinski definition) is 3. The lowest BCUT2D eigenvalue weighted by Crippen LogP contribution is -2.53. The monoisotopic (exact) mass is 371 g/mol. The van der Waals surface area contributed by atoms with Crippen molar-refractivity contribution < 1.29 is 14.3 Å². The molecule has 8 heteroatoms. The number of amides is 3. The smallest absolute Gasteiger partial charge is 0.321 e. The number of piperazine rings is 1. The fourth-order valence-electron chi connectivity index (χ4n) is 2.88. The van der Waals surface area contributed by atoms with Crippen LogP contribution < -0.4 is 5.32 Å². The Hall–Kier alpha value is -1.50. The maximum absolute atomic E-state index is 12.3. The number of anilines is 1. The molecule has 0 spiro atoms. The zero-order valence-electron chi connectivity index (χ0n) is 13.1. The number of halogens is 2. The van der Waals surface area contributed by atoms with Crippen molar-refractivity contribution in [1.82, 2.24) is 9.80 Å². The third-order valence-electron chi connectivity index (χ3n) is 4.25. The largest absolute Gasteiger partial charge is 0.368 e. The molecular weight excluding hydrogens is 353 g/mol. The van der Waals surface area contributed by atoms with E-state index in [0.717, 1.165) is 12.8 Å². The van der Waals surface area contributed by atoms with Gasteiger partial charge in [0.05, 0.1) is 10.0 Å². The first-order chi connectivity index (χ1) is 11.5. The molecule has 2 fully saturated rings. The van der Waals surface area contributed by atoms with Crippen molar-refractivity contribution >= 4 is 40.8 Å². The fourth-order valence-corrected chi connectivity index (χ4v) is 3.18. The Morgan fingerprint density at radius 3 is 2.42 bits per heavy atom. The molecule has 3 amide bonds. The van der Waals surface area contributed by atoms with E-state index in [1.807, 2.05) is 0 Å². The van der Waals surface area contributed by atoms with Gasteiger partial charge in [-0.25, -0.2) is 4.79 Å². The molecule has 1 aromatic carbocycles. The first-order valence-electron chi connectivity index (χ1n) is 7.96. The van der Waals surface area contributed by atoms with Gasteiger partial charge in [0.2, 0.25) is 0 Å². The standard InChI is InChI=1S/C16H19Cl2N3O3/c17-12-4-3-11(10-13(12)18)19-16(23)21-7-5-20(6-8-21)15(22)14-2-1-9-24-14/h3-4,10,14H,1-2,5-9H2,(H,19,23). The van der Waals surface area contributed by atoms with Gasteiger partial charge in [0.15, 0.2) is 0 Å². The lowest BCUT2D eigenvalue weighted by Gasteiger charge is -2.35. The van der Waals surface area contributed by atoms with Crippen molar-refractivity contribution in [3.05, 3.63) is 28.2 Å². The second-order valence-electron chi connectivity index (χ2n) is 5.87. The molecular formula is C16H19Cl2N3O3. The number of hydrogen-bond donors (Lipinski definition) is 1. The first-order valence-corrected chi connectivity index (χ1v) is 8.71. The topological polar surface area (TPSA) is 61.9 Å². The number of carbonyl (C=O) groups excluding carboxylic acids is 2. The second-order valence-corrected chi connectivity index (χ2v) is 6.69. The number of ether oxygens (including phenoxy) is 1. The van der Waals surface area contributed by atoms with Crippen LogP contribution in [0.15, 0.2) is 18.2 Å². The van der Waals surface area contributed by atoms with Crippen LogP contribution in [0.5, 0.6) is 0 Å². The molecule has 2 heterocycles. The van der Waals surface area contributed by atoms with Crippen molar-refractivity contribution in [3.8, 4) is 0 Å². The quantitative estimate of drug-likeness (QED) is 0.869. The summed E-state index contributed by atoms with van der Waals surface area (Å²) in [6, 6.07) is 4.73. The number of carbonyl (C=O) groups is 2. The summed E-state index contributed by atoms with van der Waals surface area (Å²) in [5, 5.41) is 3.63. The average molecular weight is 372 g/mol. The molecule has 0 saturated carbocycles. The van der Waals surface area contributed by atoms with Crippen LogP contribution in [0.1, 0.15) is 12.8 Å². The zero-order chi connectivity index (χ0) is 17.1. The van der Waals surface area contributed by atoms with E-state index in [4.69, 9.17) is 27.9 Å². The Labute approximate surface area is 150 Å². The van der Waals surface area contributed by atoms with Crippen molar-refractivity contribution in [2.45, 2.75) is 18.9 Å². The maximum Gasteiger partial charge on any atom is 0.321 e. The van der Waals surface area contributed by atoms with Gasteiger partial charge in [-0.05, 0) is 31.0 Å². The van der Waals surface area contributed by atoms with Crippen LogP contribution in [-0.2, 0) is 9.53 Å². The highest BCUT2D eigenvalue weighted by atomic mass is 35.5. The molecule has 2 saturated heterocycles. The van der Waals surface area contributed by atoms with Crippen LogP contribution in [-0.4, -0.2) is 60.6 Å². The first kappa shape index (κ1) is 17.3. The molecule has 2 aliphatic rings. The molecule has 1 N–H and O–H groups in total. The Kier molecular flexibility index (Phi) is 5.48. The van der Waals surface area contributed by atoms with Crippen LogP contribution in [0.4, 0.5) is 10.5 Å². The summed E-state index contributed by atoms with van der Waals surface area (Å²) in [6.07, 6.45) is 1.42. The van der Waals surface area contributed by atoms with Crippen LogP contribution >= 0.6 is 23.2 Å². The third kappa shape index (κ3) is 3.94. The van der Waals surface area contributed by atoms with E-state index < -0.39 is 0 Å². The Bertz CT molecular complexity index is 627. The van der Waals surface area contributed by atoms with Gasteiger partial charge < -0.3 is 19.9 Å². The lowest BCUT2D eigenvalue weighted by atomic mass is 10.2. The van der Waals surface area contributed by atoms with Crippen LogP contribution in [0.25, 0.3) is 0 Å². The molecule has 0 aromatic heterocycles. The summed E-state index contributed by atoms with van der Waals surface area (Å²) in [7, 11) is 0. The van der Waals surface area contributed by atoms with Crippen molar-refractivity contribution in [2.75, 3.05) is 38.1 Å². The predicted octanol–water partition coefficient (Wildman–Crippen LogP) is 2.85. The summed E-state index contributed by atoms with van der Waals surface area (Å²) in [6.45, 7) is 2.68. The van der Waals surface area contributed by atoms with E-state index in [1.165, 1.54) is 0 Å². The van der Waals surface area contributed by atoms with E-state index in [-0.39, 0.29) is 18.0 Å². The predicted molar refractivity (Wildman–Crippen MR) is 92.6 cm³/mol. The minimum absolute atomic E-state index is 0.0389. The lowest BCUT2D eigenvalue weighted by molar-refractivity contribution is -0.142. The Balaban J connectivity index is 1.51. The minimum atomic E-state index is -0.304. The van der Waals surface area contributed by atoms with E-state index in [0.29, 0.717) is 48.5 Å². The summed E-state index contributed by atoms with van der Waals surface area (Å²) >= 11 is 11.8. The van der Waals surface area contributed by atoms with Crippen molar-refractivity contribution in [2.24, 2.45) is 0 Å². The fraction of sp³-hybridized carbons (Fsp3) is 0.500. The van der Waals surface area contributed by atoms with Gasteiger partial charge in [-0.2, -0.15) is 0 Å². The molecule has 1 aromatic rings. The molecule has 0 radical (unpaired) electrons. The highest BCUT2D eigenvalue weighted by Gasteiger charge is 2.31. The average Bonchev–Trinajstić information content (AvgIpc) is 3.12. The van der Waals surface area contributed by atoms with Gasteiger partial charge in [0, 0.05) is 38.5 Å².